The Morgan fingerprint density at radius 2 is 0.836 bits per heavy atom. The zero-order valence-electron chi connectivity index (χ0n) is 34.1. The minimum absolute atomic E-state index is 0.0964. The van der Waals surface area contributed by atoms with Crippen molar-refractivity contribution in [1.29, 1.82) is 0 Å². The van der Waals surface area contributed by atoms with Crippen LogP contribution in [0.4, 0.5) is 0 Å². The van der Waals surface area contributed by atoms with Crippen LogP contribution < -0.4 is 16.0 Å². The van der Waals surface area contributed by atoms with E-state index >= 15 is 0 Å². The highest BCUT2D eigenvalue weighted by molar-refractivity contribution is 5.84. The lowest BCUT2D eigenvalue weighted by Gasteiger charge is -2.21. The van der Waals surface area contributed by atoms with Crippen LogP contribution in [-0.2, 0) is 53.3 Å². The van der Waals surface area contributed by atoms with Crippen molar-refractivity contribution in [2.24, 2.45) is 35.5 Å². The minimum Gasteiger partial charge on any atom is -0.481 e. The molecule has 9 N–H and O–H groups in total. The number of hydrogen-bond donors (Lipinski definition) is 9. The second-order valence-corrected chi connectivity index (χ2v) is 17.5. The van der Waals surface area contributed by atoms with Crippen LogP contribution in [0.25, 0.3) is 32.7 Å². The molecular weight excluding hydrogens is 777 g/mol. The fourth-order valence-corrected chi connectivity index (χ4v) is 10.1. The molecule has 0 bridgehead atoms. The predicted octanol–water partition coefficient (Wildman–Crippen LogP) is 4.08. The highest BCUT2D eigenvalue weighted by Crippen LogP contribution is 2.31. The molecule has 0 saturated carbocycles. The van der Waals surface area contributed by atoms with Gasteiger partial charge in [0.2, 0.25) is 0 Å². The van der Waals surface area contributed by atoms with Gasteiger partial charge in [0.25, 0.3) is 0 Å². The third kappa shape index (κ3) is 8.89. The van der Waals surface area contributed by atoms with Crippen molar-refractivity contribution in [2.75, 3.05) is 39.3 Å². The maximum absolute atomic E-state index is 12.3. The Bertz CT molecular complexity index is 2250. The van der Waals surface area contributed by atoms with E-state index in [9.17, 15) is 29.7 Å². The van der Waals surface area contributed by atoms with Gasteiger partial charge in [0.15, 0.2) is 0 Å². The van der Waals surface area contributed by atoms with Gasteiger partial charge < -0.3 is 31.3 Å². The number of fused-ring (bicyclic) bond motifs is 3. The Kier molecular flexibility index (Phi) is 11.8. The number of aromatic amines is 3. The maximum Gasteiger partial charge on any atom is 0.307 e. The normalized spacial score (nSPS) is 20.9. The van der Waals surface area contributed by atoms with Crippen LogP contribution in [0.2, 0.25) is 0 Å². The van der Waals surface area contributed by atoms with Gasteiger partial charge in [-0.3, -0.25) is 34.6 Å². The number of hydrogen-bond acceptors (Lipinski definition) is 10. The molecule has 3 fully saturated rings. The molecular formula is C45H54N10O6. The standard InChI is InChI=1S/C45H54N10O6/c56-43(57)34(28-7-10-46-19-28)13-25-1-4-31-37(16-25)49-52-40(31)22-55(23-41-32-5-2-26(17-38(32)50-53-41)14-35(44(58)59)29-8-11-47-20-29)24-42-33-6-3-27(18-39(33)51-54-42)15-36(45(60)61)30-9-12-48-21-30/h1-6,16-18,28-30,34-36,46-48H,7-15,19-24H2,(H,49,52)(H,50,53)(H,51,54)(H,56,57)(H,58,59)(H,60,61)/t28-,29-,30-,34-,35-,36-/m0/s1. The molecule has 0 unspecified atom stereocenters. The molecule has 16 heteroatoms. The van der Waals surface area contributed by atoms with Gasteiger partial charge in [-0.1, -0.05) is 36.4 Å². The van der Waals surface area contributed by atoms with Crippen molar-refractivity contribution in [3.05, 3.63) is 88.4 Å². The highest BCUT2D eigenvalue weighted by Gasteiger charge is 2.33. The van der Waals surface area contributed by atoms with Crippen LogP contribution >= 0.6 is 0 Å². The highest BCUT2D eigenvalue weighted by atomic mass is 16.4. The number of carboxylic acids is 3. The van der Waals surface area contributed by atoms with Crippen molar-refractivity contribution in [1.82, 2.24) is 51.4 Å². The monoisotopic (exact) mass is 830 g/mol. The molecule has 0 amide bonds. The molecule has 3 aromatic carbocycles. The molecule has 6 heterocycles. The van der Waals surface area contributed by atoms with Gasteiger partial charge in [0.1, 0.15) is 0 Å². The van der Waals surface area contributed by atoms with Crippen LogP contribution in [0, 0.1) is 35.5 Å². The van der Waals surface area contributed by atoms with E-state index in [1.54, 1.807) is 0 Å². The summed E-state index contributed by atoms with van der Waals surface area (Å²) in [6, 6.07) is 18.1. The average Bonchev–Trinajstić information content (AvgIpc) is 4.11. The number of benzene rings is 3. The quantitative estimate of drug-likeness (QED) is 0.0595. The summed E-state index contributed by atoms with van der Waals surface area (Å²) in [5.74, 6) is -3.41. The molecule has 0 aliphatic carbocycles. The molecule has 3 saturated heterocycles. The van der Waals surface area contributed by atoms with Gasteiger partial charge in [0, 0.05) is 35.8 Å². The summed E-state index contributed by atoms with van der Waals surface area (Å²) in [7, 11) is 0. The van der Waals surface area contributed by atoms with Crippen LogP contribution in [0.5, 0.6) is 0 Å². The fourth-order valence-electron chi connectivity index (χ4n) is 10.1. The Labute approximate surface area is 352 Å². The van der Waals surface area contributed by atoms with E-state index in [1.165, 1.54) is 0 Å². The van der Waals surface area contributed by atoms with E-state index < -0.39 is 35.7 Å². The smallest absolute Gasteiger partial charge is 0.307 e. The van der Waals surface area contributed by atoms with E-state index in [2.05, 4.69) is 51.4 Å². The fraction of sp³-hybridized carbons (Fsp3) is 0.467. The van der Waals surface area contributed by atoms with Gasteiger partial charge in [-0.15, -0.1) is 0 Å². The van der Waals surface area contributed by atoms with Gasteiger partial charge in [-0.2, -0.15) is 15.3 Å². The Morgan fingerprint density at radius 3 is 1.10 bits per heavy atom. The molecule has 3 aliphatic rings. The molecule has 3 aliphatic heterocycles. The van der Waals surface area contributed by atoms with Gasteiger partial charge in [-0.25, -0.2) is 0 Å². The predicted molar refractivity (Wildman–Crippen MR) is 229 cm³/mol. The largest absolute Gasteiger partial charge is 0.481 e. The van der Waals surface area contributed by atoms with Crippen molar-refractivity contribution >= 4 is 50.6 Å². The first-order chi connectivity index (χ1) is 29.7. The van der Waals surface area contributed by atoms with E-state index in [-0.39, 0.29) is 17.8 Å². The first-order valence-corrected chi connectivity index (χ1v) is 21.6. The Hall–Kier alpha value is -5.68. The number of carbonyl (C=O) groups is 3. The lowest BCUT2D eigenvalue weighted by atomic mass is 9.86. The van der Waals surface area contributed by atoms with E-state index in [1.807, 2.05) is 54.6 Å². The van der Waals surface area contributed by atoms with Gasteiger partial charge in [-0.05, 0) is 130 Å². The third-order valence-corrected chi connectivity index (χ3v) is 13.6. The summed E-state index contributed by atoms with van der Waals surface area (Å²) in [5.41, 5.74) is 7.90. The zero-order valence-corrected chi connectivity index (χ0v) is 34.1. The number of H-pyrrole nitrogens is 3. The molecule has 320 valence electrons. The minimum atomic E-state index is -0.769. The number of carboxylic acid groups (broad SMARTS) is 3. The molecule has 16 nitrogen and oxygen atoms in total. The second-order valence-electron chi connectivity index (χ2n) is 17.5. The third-order valence-electron chi connectivity index (χ3n) is 13.6. The second kappa shape index (κ2) is 17.7. The summed E-state index contributed by atoms with van der Waals surface area (Å²) >= 11 is 0. The van der Waals surface area contributed by atoms with Crippen molar-refractivity contribution in [3.63, 3.8) is 0 Å². The molecule has 6 aromatic rings. The first-order valence-electron chi connectivity index (χ1n) is 21.6. The molecule has 3 aromatic heterocycles. The zero-order chi connectivity index (χ0) is 42.0. The summed E-state index contributed by atoms with van der Waals surface area (Å²) in [4.78, 5) is 39.0. The number of nitrogens with zero attached hydrogens (tertiary/aromatic N) is 4. The average molecular weight is 831 g/mol. The maximum atomic E-state index is 12.3. The van der Waals surface area contributed by atoms with Gasteiger partial charge >= 0.3 is 17.9 Å². The van der Waals surface area contributed by atoms with Crippen molar-refractivity contribution < 1.29 is 29.7 Å². The van der Waals surface area contributed by atoms with Crippen molar-refractivity contribution in [3.8, 4) is 0 Å². The Balaban J connectivity index is 0.981. The van der Waals surface area contributed by atoms with Crippen LogP contribution in [0.1, 0.15) is 53.0 Å². The Morgan fingerprint density at radius 1 is 0.525 bits per heavy atom. The molecule has 6 atom stereocenters. The summed E-state index contributed by atoms with van der Waals surface area (Å²) in [6.45, 7) is 6.15. The molecule has 9 rings (SSSR count). The number of rotatable bonds is 18. The van der Waals surface area contributed by atoms with E-state index in [0.717, 1.165) is 105 Å². The van der Waals surface area contributed by atoms with E-state index in [4.69, 9.17) is 0 Å². The van der Waals surface area contributed by atoms with Crippen LogP contribution in [-0.4, -0.2) is 108 Å². The summed E-state index contributed by atoms with van der Waals surface area (Å²) in [5, 5.41) is 66.8. The van der Waals surface area contributed by atoms with Crippen LogP contribution in [0.15, 0.2) is 54.6 Å². The van der Waals surface area contributed by atoms with E-state index in [0.29, 0.717) is 58.5 Å². The number of aliphatic carboxylic acids is 3. The lowest BCUT2D eigenvalue weighted by molar-refractivity contribution is -0.144. The number of aromatic nitrogens is 6. The summed E-state index contributed by atoms with van der Waals surface area (Å²) < 4.78 is 0. The SMILES string of the molecule is O=C(O)[C@@H](Cc1ccc2c(CN(Cc3[nH]nc4cc(C[C@H](C(=O)O)[C@H]5CCNC5)ccc34)Cc3[nH]nc4cc(C[C@H](C(=O)O)[C@H]5CCNC5)ccc34)[nH]nc2c1)[C@H]1CCNC1. The first kappa shape index (κ1) is 40.7. The molecule has 61 heavy (non-hydrogen) atoms. The molecule has 0 radical (unpaired) electrons. The summed E-state index contributed by atoms with van der Waals surface area (Å²) in [6.07, 6.45) is 3.90. The number of nitrogens with one attached hydrogen (secondary N) is 6. The lowest BCUT2D eigenvalue weighted by Crippen LogP contribution is -2.27. The molecule has 0 spiro atoms. The van der Waals surface area contributed by atoms with Gasteiger partial charge in [0.05, 0.1) is 51.4 Å². The topological polar surface area (TPSA) is 237 Å². The van der Waals surface area contributed by atoms with Crippen LogP contribution in [0.3, 0.4) is 0 Å². The van der Waals surface area contributed by atoms with Crippen molar-refractivity contribution in [2.45, 2.75) is 58.2 Å².